The number of nitrogens with zero attached hydrogens (tertiary/aromatic N) is 1. The lowest BCUT2D eigenvalue weighted by Gasteiger charge is -2.17. The van der Waals surface area contributed by atoms with Crippen LogP contribution in [0.1, 0.15) is 16.1 Å². The van der Waals surface area contributed by atoms with Crippen molar-refractivity contribution in [2.45, 2.75) is 12.5 Å². The van der Waals surface area contributed by atoms with Crippen molar-refractivity contribution in [3.63, 3.8) is 0 Å². The highest BCUT2D eigenvalue weighted by molar-refractivity contribution is 7.22. The first-order valence-electron chi connectivity index (χ1n) is 10.3. The third-order valence-electron chi connectivity index (χ3n) is 5.26. The molecular weight excluding hydrogens is 439 g/mol. The molecule has 5 rings (SSSR count). The molecule has 5 aromatic rings. The normalized spacial score (nSPS) is 12.0. The standard InChI is InChI=1S/C25H19FN4O2S/c26-17-10-11-18-16(13-17)14-21(27-18)23(31)28-20(12-15-6-2-1-3-7-15)24(32)30-25-29-19-8-4-5-9-22(19)33-25/h1-11,13-14,20,27H,12H2,(H,28,31)(H,29,30,32)/t20-/m0/s1. The largest absolute Gasteiger partial charge is 0.351 e. The zero-order valence-corrected chi connectivity index (χ0v) is 18.2. The smallest absolute Gasteiger partial charge is 0.268 e. The number of anilines is 1. The highest BCUT2D eigenvalue weighted by Gasteiger charge is 2.24. The van der Waals surface area contributed by atoms with E-state index < -0.39 is 11.9 Å². The molecule has 2 amide bonds. The Labute approximate surface area is 192 Å². The zero-order chi connectivity index (χ0) is 22.8. The number of hydrogen-bond donors (Lipinski definition) is 3. The Morgan fingerprint density at radius 1 is 1.00 bits per heavy atom. The predicted octanol–water partition coefficient (Wildman–Crippen LogP) is 4.90. The lowest BCUT2D eigenvalue weighted by atomic mass is 10.1. The number of H-pyrrole nitrogens is 1. The first kappa shape index (κ1) is 20.8. The Balaban J connectivity index is 1.39. The van der Waals surface area contributed by atoms with E-state index in [-0.39, 0.29) is 17.4 Å². The van der Waals surface area contributed by atoms with Gasteiger partial charge in [-0.15, -0.1) is 0 Å². The van der Waals surface area contributed by atoms with Gasteiger partial charge in [0, 0.05) is 17.3 Å². The van der Waals surface area contributed by atoms with Crippen LogP contribution in [0.5, 0.6) is 0 Å². The Bertz CT molecular complexity index is 1430. The Kier molecular flexibility index (Phi) is 5.58. The molecule has 3 N–H and O–H groups in total. The minimum Gasteiger partial charge on any atom is -0.351 e. The fraction of sp³-hybridized carbons (Fsp3) is 0.0800. The van der Waals surface area contributed by atoms with Crippen LogP contribution in [0.25, 0.3) is 21.1 Å². The molecule has 0 spiro atoms. The van der Waals surface area contributed by atoms with E-state index in [0.717, 1.165) is 15.8 Å². The second-order valence-corrected chi connectivity index (χ2v) is 8.64. The van der Waals surface area contributed by atoms with E-state index in [1.165, 1.54) is 23.5 Å². The van der Waals surface area contributed by atoms with Gasteiger partial charge in [-0.1, -0.05) is 53.8 Å². The second kappa shape index (κ2) is 8.84. The maximum absolute atomic E-state index is 13.5. The molecule has 0 fully saturated rings. The molecule has 0 aliphatic carbocycles. The van der Waals surface area contributed by atoms with E-state index in [2.05, 4.69) is 20.6 Å². The summed E-state index contributed by atoms with van der Waals surface area (Å²) in [5.74, 6) is -1.20. The summed E-state index contributed by atoms with van der Waals surface area (Å²) in [7, 11) is 0. The van der Waals surface area contributed by atoms with Gasteiger partial charge in [0.25, 0.3) is 5.91 Å². The average molecular weight is 459 g/mol. The number of hydrogen-bond acceptors (Lipinski definition) is 4. The summed E-state index contributed by atoms with van der Waals surface area (Å²) in [6.45, 7) is 0. The highest BCUT2D eigenvalue weighted by Crippen LogP contribution is 2.25. The van der Waals surface area contributed by atoms with Crippen LogP contribution < -0.4 is 10.6 Å². The summed E-state index contributed by atoms with van der Waals surface area (Å²) in [5.41, 5.74) is 2.59. The van der Waals surface area contributed by atoms with E-state index in [1.54, 1.807) is 12.1 Å². The van der Waals surface area contributed by atoms with Gasteiger partial charge in [0.15, 0.2) is 5.13 Å². The van der Waals surface area contributed by atoms with E-state index in [1.807, 2.05) is 54.6 Å². The van der Waals surface area contributed by atoms with Crippen molar-refractivity contribution in [2.24, 2.45) is 0 Å². The molecule has 0 aliphatic rings. The molecule has 3 aromatic carbocycles. The number of aromatic nitrogens is 2. The first-order valence-corrected chi connectivity index (χ1v) is 11.2. The van der Waals surface area contributed by atoms with Crippen LogP contribution >= 0.6 is 11.3 Å². The molecule has 0 bridgehead atoms. The van der Waals surface area contributed by atoms with Crippen LogP contribution in [-0.2, 0) is 11.2 Å². The van der Waals surface area contributed by atoms with Crippen LogP contribution in [0.4, 0.5) is 9.52 Å². The highest BCUT2D eigenvalue weighted by atomic mass is 32.1. The van der Waals surface area contributed by atoms with Crippen LogP contribution in [0.15, 0.2) is 78.9 Å². The summed E-state index contributed by atoms with van der Waals surface area (Å²) in [5, 5.41) is 6.70. The number of halogens is 1. The molecular formula is C25H19FN4O2S. The molecule has 6 nitrogen and oxygen atoms in total. The first-order chi connectivity index (χ1) is 16.0. The molecule has 2 heterocycles. The number of carbonyl (C=O) groups is 2. The predicted molar refractivity (Wildman–Crippen MR) is 128 cm³/mol. The van der Waals surface area contributed by atoms with E-state index in [4.69, 9.17) is 0 Å². The number of amides is 2. The van der Waals surface area contributed by atoms with E-state index >= 15 is 0 Å². The van der Waals surface area contributed by atoms with Gasteiger partial charge in [0.05, 0.1) is 10.2 Å². The average Bonchev–Trinajstić information content (AvgIpc) is 3.42. The monoisotopic (exact) mass is 458 g/mol. The summed E-state index contributed by atoms with van der Waals surface area (Å²) in [4.78, 5) is 33.6. The van der Waals surface area contributed by atoms with Crippen molar-refractivity contribution in [1.82, 2.24) is 15.3 Å². The summed E-state index contributed by atoms with van der Waals surface area (Å²) in [6, 6.07) is 22.0. The molecule has 33 heavy (non-hydrogen) atoms. The molecule has 164 valence electrons. The number of rotatable bonds is 6. The number of aromatic amines is 1. The molecule has 0 aliphatic heterocycles. The number of fused-ring (bicyclic) bond motifs is 2. The Morgan fingerprint density at radius 3 is 2.61 bits per heavy atom. The van der Waals surface area contributed by atoms with Crippen LogP contribution in [-0.4, -0.2) is 27.8 Å². The van der Waals surface area contributed by atoms with Crippen molar-refractivity contribution in [3.05, 3.63) is 95.9 Å². The number of para-hydroxylation sites is 1. The molecule has 2 aromatic heterocycles. The van der Waals surface area contributed by atoms with Gasteiger partial charge in [-0.05, 0) is 42.0 Å². The maximum Gasteiger partial charge on any atom is 0.268 e. The quantitative estimate of drug-likeness (QED) is 0.338. The van der Waals surface area contributed by atoms with Crippen LogP contribution in [0.3, 0.4) is 0 Å². The lowest BCUT2D eigenvalue weighted by molar-refractivity contribution is -0.118. The van der Waals surface area contributed by atoms with Gasteiger partial charge in [-0.2, -0.15) is 0 Å². The van der Waals surface area contributed by atoms with Crippen molar-refractivity contribution in [1.29, 1.82) is 0 Å². The number of thiazole rings is 1. The molecule has 0 unspecified atom stereocenters. The minimum atomic E-state index is -0.838. The lowest BCUT2D eigenvalue weighted by Crippen LogP contribution is -2.45. The van der Waals surface area contributed by atoms with Gasteiger partial charge in [0.2, 0.25) is 5.91 Å². The SMILES string of the molecule is O=C(N[C@@H](Cc1ccccc1)C(=O)Nc1nc2ccccc2s1)c1cc2cc(F)ccc2[nH]1. The summed E-state index contributed by atoms with van der Waals surface area (Å²) in [6.07, 6.45) is 0.304. The molecule has 0 saturated carbocycles. The Morgan fingerprint density at radius 2 is 1.79 bits per heavy atom. The van der Waals surface area contributed by atoms with Gasteiger partial charge < -0.3 is 15.6 Å². The Hall–Kier alpha value is -4.04. The summed E-state index contributed by atoms with van der Waals surface area (Å²) >= 11 is 1.37. The topological polar surface area (TPSA) is 86.9 Å². The van der Waals surface area contributed by atoms with Crippen LogP contribution in [0.2, 0.25) is 0 Å². The molecule has 8 heteroatoms. The minimum absolute atomic E-state index is 0.251. The van der Waals surface area contributed by atoms with Gasteiger partial charge >= 0.3 is 0 Å². The van der Waals surface area contributed by atoms with E-state index in [9.17, 15) is 14.0 Å². The number of carbonyl (C=O) groups excluding carboxylic acids is 2. The van der Waals surface area contributed by atoms with E-state index in [0.29, 0.717) is 22.5 Å². The fourth-order valence-electron chi connectivity index (χ4n) is 3.64. The fourth-order valence-corrected chi connectivity index (χ4v) is 4.51. The molecule has 0 radical (unpaired) electrons. The van der Waals surface area contributed by atoms with Crippen molar-refractivity contribution >= 4 is 49.4 Å². The third kappa shape index (κ3) is 4.61. The molecule has 0 saturated heterocycles. The summed E-state index contributed by atoms with van der Waals surface area (Å²) < 4.78 is 14.5. The van der Waals surface area contributed by atoms with Gasteiger partial charge in [0.1, 0.15) is 17.6 Å². The third-order valence-corrected chi connectivity index (χ3v) is 6.21. The number of benzene rings is 3. The second-order valence-electron chi connectivity index (χ2n) is 7.61. The van der Waals surface area contributed by atoms with Gasteiger partial charge in [-0.25, -0.2) is 9.37 Å². The maximum atomic E-state index is 13.5. The molecule has 1 atom stereocenters. The zero-order valence-electron chi connectivity index (χ0n) is 17.3. The van der Waals surface area contributed by atoms with Crippen molar-refractivity contribution in [3.8, 4) is 0 Å². The van der Waals surface area contributed by atoms with Gasteiger partial charge in [-0.3, -0.25) is 9.59 Å². The van der Waals surface area contributed by atoms with Crippen molar-refractivity contribution in [2.75, 3.05) is 5.32 Å². The number of nitrogens with one attached hydrogen (secondary N) is 3. The van der Waals surface area contributed by atoms with Crippen molar-refractivity contribution < 1.29 is 14.0 Å². The van der Waals surface area contributed by atoms with Crippen LogP contribution in [0, 0.1) is 5.82 Å².